The number of thiazole rings is 4. The monoisotopic (exact) mass is 1750 g/mol. The maximum absolute atomic E-state index is 13.4. The van der Waals surface area contributed by atoms with Crippen molar-refractivity contribution in [3.05, 3.63) is 296 Å². The van der Waals surface area contributed by atoms with Gasteiger partial charge in [-0.2, -0.15) is 0 Å². The van der Waals surface area contributed by atoms with Gasteiger partial charge in [0.05, 0.1) is 86.5 Å². The van der Waals surface area contributed by atoms with Crippen LogP contribution >= 0.6 is 45.3 Å². The quantitative estimate of drug-likeness (QED) is 0.0103. The lowest BCUT2D eigenvalue weighted by atomic mass is 10.1. The van der Waals surface area contributed by atoms with E-state index in [4.69, 9.17) is 28.1 Å². The molecule has 1 atom stereocenters. The van der Waals surface area contributed by atoms with Crippen LogP contribution < -0.4 is 32.3 Å². The Bertz CT molecular complexity index is 6580. The highest BCUT2D eigenvalue weighted by molar-refractivity contribution is 7.21. The third-order valence-corrected chi connectivity index (χ3v) is 21.7. The van der Waals surface area contributed by atoms with Crippen LogP contribution in [0.15, 0.2) is 223 Å². The van der Waals surface area contributed by atoms with Gasteiger partial charge in [-0.15, -0.1) is 86.1 Å². The number of nitrogens with two attached hydrogens (primary N) is 1. The summed E-state index contributed by atoms with van der Waals surface area (Å²) in [6, 6.07) is 55.9. The molecule has 124 heavy (non-hydrogen) atoms. The molecule has 8 aromatic heterocycles. The van der Waals surface area contributed by atoms with E-state index in [1.807, 2.05) is 97.1 Å². The minimum absolute atomic E-state index is 0.00168. The number of aryl methyl sites for hydroxylation is 4. The van der Waals surface area contributed by atoms with Gasteiger partial charge in [0.25, 0.3) is 5.91 Å². The van der Waals surface area contributed by atoms with Crippen LogP contribution in [0.1, 0.15) is 85.7 Å². The van der Waals surface area contributed by atoms with Crippen molar-refractivity contribution in [1.82, 2.24) is 87.3 Å². The Balaban J connectivity index is 0.000000140. The number of hydrogen-bond acceptors (Lipinski definition) is 29. The van der Waals surface area contributed by atoms with Crippen LogP contribution in [0.25, 0.3) is 85.4 Å². The summed E-state index contributed by atoms with van der Waals surface area (Å²) in [5, 5.41) is 58.0. The van der Waals surface area contributed by atoms with E-state index in [0.29, 0.717) is 71.1 Å². The summed E-state index contributed by atoms with van der Waals surface area (Å²) < 4.78 is 81.7. The number of amides is 5. The Morgan fingerprint density at radius 3 is 1.23 bits per heavy atom. The van der Waals surface area contributed by atoms with Crippen LogP contribution in [-0.2, 0) is 69.5 Å². The van der Waals surface area contributed by atoms with Gasteiger partial charge in [-0.3, -0.25) is 19.2 Å². The molecule has 630 valence electrons. The first kappa shape index (κ1) is 87.2. The number of nitrogens with one attached hydrogen (secondary N) is 5. The van der Waals surface area contributed by atoms with E-state index in [0.717, 1.165) is 89.9 Å². The molecule has 5 amide bonds. The number of aromatic nitrogens is 12. The number of nitrogens with zero attached hydrogens (tertiary/aromatic N) is 13. The fraction of sp³-hybridized carbons (Fsp3) is 0.163. The molecule has 0 aliphatic rings. The molecule has 0 fully saturated rings. The number of rotatable bonds is 23. The standard InChI is InChI=1S/C27H23FN6O3S.C19H14FN5O3S.C19H15FN4O2S.C17H14FNO2S.C4H7N3O/c1-16-33-34-23(37-16)15-29-25(35)24(32-27(36)30-14-17-5-3-2-4-6-17)26-31-21-12-9-19(13-22(21)38-26)18-7-10-20(28)11-8-18;1-10-23-24-16(28-10)9-21-18(26)17(25-27)19-22-14-7-4-12(8-15(14)29-19)11-2-5-13(20)6-3-11;1-11-23-24-18(26-11)10-21-17(25)9-19-22-15-7-4-13(8-16(15)27-19)12-2-5-14(20)6-3-12;1-2-21-17(20)10-16-19-14-8-5-12(9-15(14)22-16)11-3-6-13(18)7-4-11;1-3-6-7-4(2-5)8-3/h2-13,24H,14-15H2,1H3,(H,29,35)(H2,30,32,36);2-8,27H,9H2,1H3,(H,21,26);2-8H,9-10H2,1H3,(H,21,25);3-9H,2,10H2,1H3;2,5H2,1H3/b;25-17-;;;. The molecule has 0 spiro atoms. The van der Waals surface area contributed by atoms with Gasteiger partial charge in [-0.1, -0.05) is 108 Å². The number of halogens is 4. The number of urea groups is 1. The highest BCUT2D eigenvalue weighted by atomic mass is 32.1. The Kier molecular flexibility index (Phi) is 29.3. The molecule has 17 aromatic rings. The van der Waals surface area contributed by atoms with Crippen molar-refractivity contribution >= 4 is 122 Å². The van der Waals surface area contributed by atoms with Crippen molar-refractivity contribution in [1.29, 1.82) is 0 Å². The zero-order valence-electron chi connectivity index (χ0n) is 66.4. The van der Waals surface area contributed by atoms with Crippen molar-refractivity contribution < 1.29 is 69.1 Å². The number of benzene rings is 9. The van der Waals surface area contributed by atoms with Gasteiger partial charge < -0.3 is 59.9 Å². The Hall–Kier alpha value is -14.6. The summed E-state index contributed by atoms with van der Waals surface area (Å²) in [5.41, 5.74) is 16.2. The second-order valence-electron chi connectivity index (χ2n) is 26.6. The van der Waals surface area contributed by atoms with Gasteiger partial charge in [-0.25, -0.2) is 42.3 Å². The predicted octanol–water partition coefficient (Wildman–Crippen LogP) is 15.6. The first-order valence-corrected chi connectivity index (χ1v) is 41.1. The maximum atomic E-state index is 13.4. The molecule has 0 aliphatic carbocycles. The number of oxime groups is 1. The number of carbonyl (C=O) groups excluding carboxylic acids is 5. The number of fused-ring (bicyclic) bond motifs is 4. The van der Waals surface area contributed by atoms with E-state index in [-0.39, 0.29) is 90.1 Å². The van der Waals surface area contributed by atoms with Crippen molar-refractivity contribution in [3.8, 4) is 44.5 Å². The summed E-state index contributed by atoms with van der Waals surface area (Å²) in [7, 11) is 0. The van der Waals surface area contributed by atoms with Crippen molar-refractivity contribution in [2.45, 2.75) is 86.2 Å². The molecule has 1 unspecified atom stereocenters. The van der Waals surface area contributed by atoms with Gasteiger partial charge in [0, 0.05) is 34.2 Å². The molecule has 0 bridgehead atoms. The van der Waals surface area contributed by atoms with Crippen LogP contribution in [0, 0.1) is 51.0 Å². The Labute approximate surface area is 718 Å². The second-order valence-corrected chi connectivity index (χ2v) is 31.0. The number of ether oxygens (including phenoxy) is 1. The molecule has 0 aliphatic heterocycles. The van der Waals surface area contributed by atoms with Gasteiger partial charge >= 0.3 is 12.0 Å². The first-order chi connectivity index (χ1) is 60.0. The highest BCUT2D eigenvalue weighted by Crippen LogP contribution is 2.35. The van der Waals surface area contributed by atoms with Crippen LogP contribution in [0.4, 0.5) is 22.4 Å². The average Bonchev–Trinajstić information content (AvgIpc) is 1.65. The maximum Gasteiger partial charge on any atom is 0.316 e. The Morgan fingerprint density at radius 2 is 0.823 bits per heavy atom. The van der Waals surface area contributed by atoms with Crippen molar-refractivity contribution in [2.75, 3.05) is 6.61 Å². The molecule has 9 aromatic carbocycles. The topological polar surface area (TPSA) is 421 Å². The van der Waals surface area contributed by atoms with E-state index in [1.165, 1.54) is 93.9 Å². The molecular weight excluding hydrogens is 1680 g/mol. The molecule has 0 saturated heterocycles. The molecule has 0 saturated carbocycles. The SMILES string of the molecule is CCOC(=O)Cc1nc2ccc(-c3ccc(F)cc3)cc2s1.Cc1nnc(CN)o1.Cc1nnc(CNC(=O)/C(=N/O)c2nc3ccc(-c4ccc(F)cc4)cc3s2)o1.Cc1nnc(CNC(=O)C(NC(=O)NCc2ccccc2)c2nc3ccc(-c4ccc(F)cc4)cc3s2)o1.Cc1nnc(CNC(=O)Cc2nc3ccc(-c4ccc(F)cc4)cc3s2)o1. The molecule has 0 radical (unpaired) electrons. The molecular formula is C86H73F4N19O11S4. The Morgan fingerprint density at radius 1 is 0.435 bits per heavy atom. The van der Waals surface area contributed by atoms with Crippen LogP contribution in [0.2, 0.25) is 0 Å². The summed E-state index contributed by atoms with van der Waals surface area (Å²) in [6.45, 7) is 9.68. The van der Waals surface area contributed by atoms with E-state index >= 15 is 0 Å². The third kappa shape index (κ3) is 24.1. The largest absolute Gasteiger partial charge is 0.466 e. The lowest BCUT2D eigenvalue weighted by Gasteiger charge is -2.16. The lowest BCUT2D eigenvalue weighted by molar-refractivity contribution is -0.142. The summed E-state index contributed by atoms with van der Waals surface area (Å²) >= 11 is 5.44. The third-order valence-electron chi connectivity index (χ3n) is 17.6. The molecule has 8 N–H and O–H groups in total. The van der Waals surface area contributed by atoms with Crippen LogP contribution in [0.3, 0.4) is 0 Å². The molecule has 17 rings (SSSR count). The normalized spacial score (nSPS) is 11.3. The minimum atomic E-state index is -1.07. The van der Waals surface area contributed by atoms with Crippen LogP contribution in [0.5, 0.6) is 0 Å². The zero-order valence-corrected chi connectivity index (χ0v) is 69.6. The average molecular weight is 1750 g/mol. The zero-order chi connectivity index (χ0) is 87.2. The van der Waals surface area contributed by atoms with E-state index in [9.17, 15) is 46.7 Å². The lowest BCUT2D eigenvalue weighted by Crippen LogP contribution is -2.44. The van der Waals surface area contributed by atoms with Gasteiger partial charge in [0.15, 0.2) is 11.0 Å². The summed E-state index contributed by atoms with van der Waals surface area (Å²) in [4.78, 5) is 79.9. The molecule has 8 heterocycles. The summed E-state index contributed by atoms with van der Waals surface area (Å²) in [6.07, 6.45) is 0.372. The van der Waals surface area contributed by atoms with E-state index in [1.54, 1.807) is 89.2 Å². The van der Waals surface area contributed by atoms with Gasteiger partial charge in [0.2, 0.25) is 64.7 Å². The molecule has 38 heteroatoms. The number of carbonyl (C=O) groups is 5. The fourth-order valence-electron chi connectivity index (χ4n) is 11.7. The minimum Gasteiger partial charge on any atom is -0.466 e. The fourth-order valence-corrected chi connectivity index (χ4v) is 15.8. The van der Waals surface area contributed by atoms with Crippen LogP contribution in [-0.4, -0.2) is 108 Å². The molecule has 30 nitrogen and oxygen atoms in total. The van der Waals surface area contributed by atoms with Gasteiger partial charge in [0.1, 0.15) is 38.3 Å². The van der Waals surface area contributed by atoms with Crippen molar-refractivity contribution in [3.63, 3.8) is 0 Å². The number of hydrogen-bond donors (Lipinski definition) is 7. The smallest absolute Gasteiger partial charge is 0.316 e. The van der Waals surface area contributed by atoms with E-state index < -0.39 is 23.9 Å². The summed E-state index contributed by atoms with van der Waals surface area (Å²) in [5.74, 6) is 0.471. The van der Waals surface area contributed by atoms with Gasteiger partial charge in [-0.05, 0) is 154 Å². The van der Waals surface area contributed by atoms with Crippen molar-refractivity contribution in [2.24, 2.45) is 10.9 Å². The first-order valence-electron chi connectivity index (χ1n) is 37.8. The van der Waals surface area contributed by atoms with E-state index in [2.05, 4.69) is 92.5 Å². The second kappa shape index (κ2) is 41.6. The predicted molar refractivity (Wildman–Crippen MR) is 457 cm³/mol. The number of esters is 1. The highest BCUT2D eigenvalue weighted by Gasteiger charge is 2.28.